The Morgan fingerprint density at radius 3 is 2.55 bits per heavy atom. The van der Waals surface area contributed by atoms with E-state index in [9.17, 15) is 14.0 Å². The lowest BCUT2D eigenvalue weighted by atomic mass is 9.82. The van der Waals surface area contributed by atoms with Gasteiger partial charge in [-0.1, -0.05) is 6.07 Å². The molecule has 2 rings (SSSR count). The van der Waals surface area contributed by atoms with Crippen molar-refractivity contribution in [3.63, 3.8) is 0 Å². The van der Waals surface area contributed by atoms with Crippen LogP contribution in [0.15, 0.2) is 35.2 Å². The van der Waals surface area contributed by atoms with Crippen molar-refractivity contribution in [1.82, 2.24) is 4.98 Å². The van der Waals surface area contributed by atoms with Gasteiger partial charge in [-0.05, 0) is 18.6 Å². The van der Waals surface area contributed by atoms with Crippen LogP contribution in [0.25, 0.3) is 0 Å². The first kappa shape index (κ1) is 14.2. The molecule has 2 aromatic rings. The van der Waals surface area contributed by atoms with Gasteiger partial charge in [-0.15, -0.1) is 0 Å². The summed E-state index contributed by atoms with van der Waals surface area (Å²) in [5.74, 6) is -3.05. The predicted molar refractivity (Wildman–Crippen MR) is 65.7 cm³/mol. The van der Waals surface area contributed by atoms with Gasteiger partial charge in [0.15, 0.2) is 6.39 Å². The van der Waals surface area contributed by atoms with Crippen LogP contribution >= 0.6 is 0 Å². The second-order valence-electron chi connectivity index (χ2n) is 4.26. The number of oxazole rings is 1. The number of hydrogen-bond donors (Lipinski definition) is 1. The van der Waals surface area contributed by atoms with Crippen LogP contribution in [0.4, 0.5) is 8.78 Å². The van der Waals surface area contributed by atoms with Gasteiger partial charge < -0.3 is 9.52 Å². The summed E-state index contributed by atoms with van der Waals surface area (Å²) in [6, 6.07) is 5.46. The third-order valence-electron chi connectivity index (χ3n) is 3.11. The zero-order valence-corrected chi connectivity index (χ0v) is 10.5. The summed E-state index contributed by atoms with van der Waals surface area (Å²) in [5, 5.41) is 18.4. The fourth-order valence-electron chi connectivity index (χ4n) is 2.21. The van der Waals surface area contributed by atoms with E-state index < -0.39 is 23.5 Å². The molecule has 0 saturated carbocycles. The second kappa shape index (κ2) is 6.26. The Labute approximate surface area is 114 Å². The Balaban J connectivity index is 2.48. The minimum absolute atomic E-state index is 0.0385. The fourth-order valence-corrected chi connectivity index (χ4v) is 2.21. The third-order valence-corrected chi connectivity index (χ3v) is 3.11. The van der Waals surface area contributed by atoms with Crippen LogP contribution in [0, 0.1) is 23.0 Å². The zero-order chi connectivity index (χ0) is 14.5. The number of halogens is 2. The van der Waals surface area contributed by atoms with E-state index in [4.69, 9.17) is 9.52 Å². The fraction of sp³-hybridized carbons (Fsp3) is 0.286. The molecule has 6 heteroatoms. The van der Waals surface area contributed by atoms with Gasteiger partial charge in [0, 0.05) is 18.1 Å². The smallest absolute Gasteiger partial charge is 0.180 e. The highest BCUT2D eigenvalue weighted by Crippen LogP contribution is 2.37. The lowest BCUT2D eigenvalue weighted by Gasteiger charge is -2.21. The number of rotatable bonds is 5. The van der Waals surface area contributed by atoms with Gasteiger partial charge >= 0.3 is 0 Å². The average molecular weight is 278 g/mol. The van der Waals surface area contributed by atoms with Gasteiger partial charge in [-0.3, -0.25) is 0 Å². The van der Waals surface area contributed by atoms with Crippen molar-refractivity contribution in [3.05, 3.63) is 53.7 Å². The Bertz CT molecular complexity index is 588. The van der Waals surface area contributed by atoms with Crippen LogP contribution in [0.3, 0.4) is 0 Å². The van der Waals surface area contributed by atoms with Crippen molar-refractivity contribution in [2.75, 3.05) is 6.61 Å². The molecule has 0 aliphatic heterocycles. The number of aliphatic hydroxyl groups is 1. The summed E-state index contributed by atoms with van der Waals surface area (Å²) in [5.41, 5.74) is -0.218. The SMILES string of the molecule is N#C[C@H](c1cnco1)[C@@H](CCO)c1c(F)cccc1F. The summed E-state index contributed by atoms with van der Waals surface area (Å²) in [6.07, 6.45) is 2.52. The van der Waals surface area contributed by atoms with E-state index >= 15 is 0 Å². The summed E-state index contributed by atoms with van der Waals surface area (Å²) >= 11 is 0. The lowest BCUT2D eigenvalue weighted by molar-refractivity contribution is 0.265. The van der Waals surface area contributed by atoms with Crippen LogP contribution in [0.2, 0.25) is 0 Å². The molecule has 0 radical (unpaired) electrons. The van der Waals surface area contributed by atoms with Crippen molar-refractivity contribution >= 4 is 0 Å². The molecule has 4 nitrogen and oxygen atoms in total. The maximum Gasteiger partial charge on any atom is 0.180 e. The highest BCUT2D eigenvalue weighted by molar-refractivity contribution is 5.30. The molecule has 1 aromatic heterocycles. The molecule has 0 amide bonds. The Morgan fingerprint density at radius 1 is 1.35 bits per heavy atom. The van der Waals surface area contributed by atoms with Crippen LogP contribution in [0.1, 0.15) is 29.6 Å². The number of nitriles is 1. The van der Waals surface area contributed by atoms with E-state index in [0.717, 1.165) is 18.5 Å². The van der Waals surface area contributed by atoms with Gasteiger partial charge in [0.25, 0.3) is 0 Å². The molecule has 0 unspecified atom stereocenters. The lowest BCUT2D eigenvalue weighted by Crippen LogP contribution is -2.14. The monoisotopic (exact) mass is 278 g/mol. The van der Waals surface area contributed by atoms with Crippen LogP contribution < -0.4 is 0 Å². The molecule has 0 spiro atoms. The first-order chi connectivity index (χ1) is 9.69. The molecule has 0 fully saturated rings. The van der Waals surface area contributed by atoms with E-state index in [0.29, 0.717) is 0 Å². The first-order valence-corrected chi connectivity index (χ1v) is 6.01. The van der Waals surface area contributed by atoms with Gasteiger partial charge in [0.1, 0.15) is 23.3 Å². The molecular weight excluding hydrogens is 266 g/mol. The summed E-state index contributed by atoms with van der Waals surface area (Å²) < 4.78 is 32.8. The number of benzene rings is 1. The minimum atomic E-state index is -0.920. The molecule has 1 aromatic carbocycles. The van der Waals surface area contributed by atoms with E-state index in [2.05, 4.69) is 4.98 Å². The largest absolute Gasteiger partial charge is 0.447 e. The van der Waals surface area contributed by atoms with Gasteiger partial charge in [0.05, 0.1) is 12.3 Å². The van der Waals surface area contributed by atoms with Gasteiger partial charge in [0.2, 0.25) is 0 Å². The van der Waals surface area contributed by atoms with E-state index in [1.54, 1.807) is 0 Å². The molecule has 0 aliphatic rings. The van der Waals surface area contributed by atoms with Crippen LogP contribution in [0.5, 0.6) is 0 Å². The van der Waals surface area contributed by atoms with Crippen molar-refractivity contribution in [2.24, 2.45) is 0 Å². The minimum Gasteiger partial charge on any atom is -0.447 e. The molecule has 2 atom stereocenters. The topological polar surface area (TPSA) is 70.0 Å². The highest BCUT2D eigenvalue weighted by atomic mass is 19.1. The van der Waals surface area contributed by atoms with E-state index in [-0.39, 0.29) is 24.4 Å². The average Bonchev–Trinajstić information content (AvgIpc) is 2.93. The Morgan fingerprint density at radius 2 is 2.05 bits per heavy atom. The quantitative estimate of drug-likeness (QED) is 0.912. The molecule has 1 N–H and O–H groups in total. The third kappa shape index (κ3) is 2.68. The van der Waals surface area contributed by atoms with Crippen molar-refractivity contribution in [1.29, 1.82) is 5.26 Å². The van der Waals surface area contributed by atoms with Gasteiger partial charge in [-0.25, -0.2) is 13.8 Å². The number of aliphatic hydroxyl groups excluding tert-OH is 1. The Kier molecular flexibility index (Phi) is 4.43. The number of nitrogens with zero attached hydrogens (tertiary/aromatic N) is 2. The normalized spacial score (nSPS) is 13.7. The van der Waals surface area contributed by atoms with E-state index in [1.165, 1.54) is 12.3 Å². The maximum atomic E-state index is 13.9. The predicted octanol–water partition coefficient (Wildman–Crippen LogP) is 2.73. The van der Waals surface area contributed by atoms with Crippen molar-refractivity contribution < 1.29 is 18.3 Å². The zero-order valence-electron chi connectivity index (χ0n) is 10.5. The molecular formula is C14H12F2N2O2. The van der Waals surface area contributed by atoms with Gasteiger partial charge in [-0.2, -0.15) is 5.26 Å². The Hall–Kier alpha value is -2.26. The molecule has 1 heterocycles. The molecule has 0 bridgehead atoms. The first-order valence-electron chi connectivity index (χ1n) is 6.01. The number of hydrogen-bond acceptors (Lipinski definition) is 4. The standard InChI is InChI=1S/C14H12F2N2O2/c15-11-2-1-3-12(16)14(11)9(4-5-19)10(6-17)13-7-18-8-20-13/h1-3,7-10,19H,4-5H2/t9-,10+/m1/s1. The highest BCUT2D eigenvalue weighted by Gasteiger charge is 2.31. The molecule has 0 saturated heterocycles. The second-order valence-corrected chi connectivity index (χ2v) is 4.26. The van der Waals surface area contributed by atoms with Crippen molar-refractivity contribution in [3.8, 4) is 6.07 Å². The summed E-state index contributed by atoms with van der Waals surface area (Å²) in [7, 11) is 0. The maximum absolute atomic E-state index is 13.9. The van der Waals surface area contributed by atoms with Crippen LogP contribution in [-0.2, 0) is 0 Å². The molecule has 104 valence electrons. The van der Waals surface area contributed by atoms with Crippen LogP contribution in [-0.4, -0.2) is 16.7 Å². The van der Waals surface area contributed by atoms with Crippen molar-refractivity contribution in [2.45, 2.75) is 18.3 Å². The number of aromatic nitrogens is 1. The van der Waals surface area contributed by atoms with E-state index in [1.807, 2.05) is 6.07 Å². The summed E-state index contributed by atoms with van der Waals surface area (Å²) in [4.78, 5) is 3.70. The molecule has 0 aliphatic carbocycles. The molecule has 20 heavy (non-hydrogen) atoms. The summed E-state index contributed by atoms with van der Waals surface area (Å²) in [6.45, 7) is -0.301.